The van der Waals surface area contributed by atoms with Crippen molar-refractivity contribution >= 4 is 27.4 Å². The molecule has 2 aromatic carbocycles. The number of carbonyl (C=O) groups is 1. The topological polar surface area (TPSA) is 89.9 Å². The van der Waals surface area contributed by atoms with Crippen molar-refractivity contribution in [2.45, 2.75) is 38.5 Å². The van der Waals surface area contributed by atoms with E-state index in [0.29, 0.717) is 17.3 Å². The normalized spacial score (nSPS) is 15.2. The number of piperazine rings is 1. The van der Waals surface area contributed by atoms with Crippen LogP contribution >= 0.6 is 0 Å². The number of nitrogens with zero attached hydrogens (tertiary/aromatic N) is 2. The van der Waals surface area contributed by atoms with Crippen molar-refractivity contribution in [2.24, 2.45) is 5.92 Å². The molecule has 0 atom stereocenters. The number of aromatic carboxylic acids is 1. The minimum atomic E-state index is -3.86. The van der Waals surface area contributed by atoms with Gasteiger partial charge in [-0.1, -0.05) is 32.9 Å². The summed E-state index contributed by atoms with van der Waals surface area (Å²) in [7, 11) is -3.86. The van der Waals surface area contributed by atoms with Crippen LogP contribution in [0.2, 0.25) is 0 Å². The third kappa shape index (κ3) is 6.01. The molecule has 1 fully saturated rings. The van der Waals surface area contributed by atoms with Gasteiger partial charge < -0.3 is 10.0 Å². The molecule has 1 heterocycles. The zero-order valence-electron chi connectivity index (χ0n) is 19.0. The van der Waals surface area contributed by atoms with E-state index in [0.717, 1.165) is 51.1 Å². The third-order valence-electron chi connectivity index (χ3n) is 5.62. The van der Waals surface area contributed by atoms with E-state index < -0.39 is 16.0 Å². The molecule has 3 rings (SSSR count). The van der Waals surface area contributed by atoms with Gasteiger partial charge in [0, 0.05) is 26.2 Å². The largest absolute Gasteiger partial charge is 0.478 e. The maximum Gasteiger partial charge on any atom is 0.335 e. The number of sulfonamides is 1. The van der Waals surface area contributed by atoms with E-state index in [1.807, 2.05) is 12.1 Å². The Hall–Kier alpha value is -2.58. The first kappa shape index (κ1) is 24.1. The molecule has 7 nitrogen and oxygen atoms in total. The number of rotatable bonds is 9. The van der Waals surface area contributed by atoms with E-state index in [4.69, 9.17) is 0 Å². The summed E-state index contributed by atoms with van der Waals surface area (Å²) in [6.07, 6.45) is 1.97. The van der Waals surface area contributed by atoms with Crippen molar-refractivity contribution < 1.29 is 18.3 Å². The van der Waals surface area contributed by atoms with Crippen LogP contribution in [-0.4, -0.2) is 57.1 Å². The molecule has 0 aliphatic carbocycles. The third-order valence-corrected chi connectivity index (χ3v) is 7.00. The van der Waals surface area contributed by atoms with Crippen LogP contribution in [0.25, 0.3) is 0 Å². The number of anilines is 2. The predicted molar refractivity (Wildman–Crippen MR) is 128 cm³/mol. The van der Waals surface area contributed by atoms with E-state index in [2.05, 4.69) is 35.3 Å². The van der Waals surface area contributed by atoms with E-state index in [1.165, 1.54) is 12.1 Å². The quantitative estimate of drug-likeness (QED) is 0.591. The van der Waals surface area contributed by atoms with Crippen molar-refractivity contribution in [2.75, 3.05) is 42.3 Å². The molecule has 32 heavy (non-hydrogen) atoms. The van der Waals surface area contributed by atoms with Crippen LogP contribution in [0.5, 0.6) is 0 Å². The average Bonchev–Trinajstić information content (AvgIpc) is 2.74. The van der Waals surface area contributed by atoms with E-state index in [-0.39, 0.29) is 10.5 Å². The minimum absolute atomic E-state index is 0.0448. The minimum Gasteiger partial charge on any atom is -0.478 e. The average molecular weight is 460 g/mol. The second-order valence-electron chi connectivity index (χ2n) is 8.71. The lowest BCUT2D eigenvalue weighted by Crippen LogP contribution is -2.46. The summed E-state index contributed by atoms with van der Waals surface area (Å²) < 4.78 is 28.9. The Labute approximate surface area is 191 Å². The highest BCUT2D eigenvalue weighted by molar-refractivity contribution is 7.92. The van der Waals surface area contributed by atoms with Gasteiger partial charge in [-0.2, -0.15) is 0 Å². The first-order valence-corrected chi connectivity index (χ1v) is 12.6. The summed E-state index contributed by atoms with van der Waals surface area (Å²) in [5.41, 5.74) is 2.12. The lowest BCUT2D eigenvalue weighted by molar-refractivity contribution is 0.0697. The number of nitrogens with one attached hydrogen (secondary N) is 1. The van der Waals surface area contributed by atoms with Crippen LogP contribution in [-0.2, 0) is 16.4 Å². The fourth-order valence-electron chi connectivity index (χ4n) is 4.03. The van der Waals surface area contributed by atoms with Crippen LogP contribution in [0.1, 0.15) is 43.1 Å². The molecule has 0 unspecified atom stereocenters. The molecule has 0 saturated carbocycles. The van der Waals surface area contributed by atoms with Crippen molar-refractivity contribution in [1.82, 2.24) is 4.90 Å². The highest BCUT2D eigenvalue weighted by Gasteiger charge is 2.23. The standard InChI is InChI=1S/C24H33N3O4S/c1-4-11-26-12-14-27(15-13-26)23-10-7-20(24(28)29)17-22(23)25-32(30,31)21-8-5-19(6-9-21)16-18(2)3/h5-10,17-18,25H,4,11-16H2,1-3H3,(H,28,29). The fourth-order valence-corrected chi connectivity index (χ4v) is 5.10. The summed E-state index contributed by atoms with van der Waals surface area (Å²) in [6.45, 7) is 10.7. The summed E-state index contributed by atoms with van der Waals surface area (Å²) >= 11 is 0. The number of benzene rings is 2. The molecule has 0 bridgehead atoms. The summed E-state index contributed by atoms with van der Waals surface area (Å²) in [5.74, 6) is -0.613. The number of hydrogen-bond acceptors (Lipinski definition) is 5. The van der Waals surface area contributed by atoms with Crippen LogP contribution < -0.4 is 9.62 Å². The zero-order valence-corrected chi connectivity index (χ0v) is 19.9. The van der Waals surface area contributed by atoms with Gasteiger partial charge in [-0.15, -0.1) is 0 Å². The van der Waals surface area contributed by atoms with Gasteiger partial charge in [0.05, 0.1) is 21.8 Å². The molecule has 2 N–H and O–H groups in total. The highest BCUT2D eigenvalue weighted by Crippen LogP contribution is 2.30. The molecule has 1 aliphatic rings. The van der Waals surface area contributed by atoms with E-state index in [9.17, 15) is 18.3 Å². The van der Waals surface area contributed by atoms with Crippen molar-refractivity contribution in [1.29, 1.82) is 0 Å². The Morgan fingerprint density at radius 3 is 2.28 bits per heavy atom. The monoisotopic (exact) mass is 459 g/mol. The van der Waals surface area contributed by atoms with E-state index in [1.54, 1.807) is 18.2 Å². The number of carboxylic acids is 1. The molecule has 2 aromatic rings. The molecule has 0 spiro atoms. The predicted octanol–water partition coefficient (Wildman–Crippen LogP) is 3.92. The van der Waals surface area contributed by atoms with Crippen LogP contribution in [0, 0.1) is 5.92 Å². The Morgan fingerprint density at radius 1 is 1.06 bits per heavy atom. The van der Waals surface area contributed by atoms with Crippen molar-refractivity contribution in [3.63, 3.8) is 0 Å². The van der Waals surface area contributed by atoms with Crippen molar-refractivity contribution in [3.05, 3.63) is 53.6 Å². The van der Waals surface area contributed by atoms with E-state index >= 15 is 0 Å². The first-order valence-electron chi connectivity index (χ1n) is 11.2. The van der Waals surface area contributed by atoms with Gasteiger partial charge in [-0.05, 0) is 61.2 Å². The van der Waals surface area contributed by atoms with Crippen LogP contribution in [0.3, 0.4) is 0 Å². The maximum atomic E-state index is 13.1. The summed E-state index contributed by atoms with van der Waals surface area (Å²) in [5, 5.41) is 9.42. The van der Waals surface area contributed by atoms with Gasteiger partial charge >= 0.3 is 5.97 Å². The molecule has 0 amide bonds. The maximum absolute atomic E-state index is 13.1. The molecule has 8 heteroatoms. The van der Waals surface area contributed by atoms with Gasteiger partial charge in [0.2, 0.25) is 0 Å². The Bertz CT molecular complexity index is 1030. The van der Waals surface area contributed by atoms with Gasteiger partial charge in [0.25, 0.3) is 10.0 Å². The molecular weight excluding hydrogens is 426 g/mol. The fraction of sp³-hybridized carbons (Fsp3) is 0.458. The lowest BCUT2D eigenvalue weighted by atomic mass is 10.0. The van der Waals surface area contributed by atoms with Crippen LogP contribution in [0.4, 0.5) is 11.4 Å². The summed E-state index contributed by atoms with van der Waals surface area (Å²) in [4.78, 5) is 16.2. The molecule has 0 radical (unpaired) electrons. The molecule has 0 aromatic heterocycles. The van der Waals surface area contributed by atoms with Gasteiger partial charge in [0.15, 0.2) is 0 Å². The van der Waals surface area contributed by atoms with Gasteiger partial charge in [-0.3, -0.25) is 9.62 Å². The Kier molecular flexibility index (Phi) is 7.79. The summed E-state index contributed by atoms with van der Waals surface area (Å²) in [6, 6.07) is 11.5. The second kappa shape index (κ2) is 10.4. The smallest absolute Gasteiger partial charge is 0.335 e. The second-order valence-corrected chi connectivity index (χ2v) is 10.4. The first-order chi connectivity index (χ1) is 15.2. The highest BCUT2D eigenvalue weighted by atomic mass is 32.2. The lowest BCUT2D eigenvalue weighted by Gasteiger charge is -2.37. The number of hydrogen-bond donors (Lipinski definition) is 2. The van der Waals surface area contributed by atoms with Gasteiger partial charge in [0.1, 0.15) is 0 Å². The Balaban J connectivity index is 1.86. The molecule has 1 saturated heterocycles. The molecule has 174 valence electrons. The molecule has 1 aliphatic heterocycles. The number of carboxylic acid groups (broad SMARTS) is 1. The molecular formula is C24H33N3O4S. The van der Waals surface area contributed by atoms with Crippen LogP contribution in [0.15, 0.2) is 47.4 Å². The zero-order chi connectivity index (χ0) is 23.3. The SMILES string of the molecule is CCCN1CCN(c2ccc(C(=O)O)cc2NS(=O)(=O)c2ccc(CC(C)C)cc2)CC1. The van der Waals surface area contributed by atoms with Crippen molar-refractivity contribution in [3.8, 4) is 0 Å². The Morgan fingerprint density at radius 2 is 1.72 bits per heavy atom. The van der Waals surface area contributed by atoms with Gasteiger partial charge in [-0.25, -0.2) is 13.2 Å².